The molecule has 2 saturated heterocycles. The molecule has 0 saturated carbocycles. The lowest BCUT2D eigenvalue weighted by atomic mass is 9.99. The van der Waals surface area contributed by atoms with Crippen LogP contribution in [0.25, 0.3) is 0 Å². The van der Waals surface area contributed by atoms with Crippen LogP contribution in [0.2, 0.25) is 0 Å². The van der Waals surface area contributed by atoms with Crippen molar-refractivity contribution in [2.45, 2.75) is 90.4 Å². The summed E-state index contributed by atoms with van der Waals surface area (Å²) in [6.45, 7) is 8.58. The summed E-state index contributed by atoms with van der Waals surface area (Å²) in [6.07, 6.45) is 6.78. The molecule has 3 rings (SSSR count). The van der Waals surface area contributed by atoms with Crippen LogP contribution in [0.4, 0.5) is 0 Å². The van der Waals surface area contributed by atoms with Crippen LogP contribution in [-0.4, -0.2) is 46.0 Å². The van der Waals surface area contributed by atoms with E-state index in [1.807, 2.05) is 0 Å². The molecule has 0 radical (unpaired) electrons. The van der Waals surface area contributed by atoms with E-state index >= 15 is 0 Å². The third kappa shape index (κ3) is 4.73. The van der Waals surface area contributed by atoms with Crippen LogP contribution >= 0.6 is 0 Å². The van der Waals surface area contributed by atoms with Gasteiger partial charge in [-0.05, 0) is 77.6 Å². The molecular formula is C22H34N4O2. The molecule has 0 aromatic heterocycles. The number of carbonyl (C=O) groups excluding carboxylic acids is 2. The Bertz CT molecular complexity index is 611. The molecule has 6 heteroatoms. The number of hydrazine groups is 2. The summed E-state index contributed by atoms with van der Waals surface area (Å²) >= 11 is 0. The van der Waals surface area contributed by atoms with E-state index < -0.39 is 0 Å². The van der Waals surface area contributed by atoms with Crippen LogP contribution in [0, 0.1) is 0 Å². The van der Waals surface area contributed by atoms with Gasteiger partial charge < -0.3 is 0 Å². The Kier molecular flexibility index (Phi) is 6.73. The fourth-order valence-electron chi connectivity index (χ4n) is 4.42. The maximum Gasteiger partial charge on any atom is 0.265 e. The Hall–Kier alpha value is -1.92. The van der Waals surface area contributed by atoms with E-state index in [0.29, 0.717) is 35.3 Å². The van der Waals surface area contributed by atoms with Crippen molar-refractivity contribution >= 4 is 11.8 Å². The van der Waals surface area contributed by atoms with E-state index in [1.54, 1.807) is 24.3 Å². The van der Waals surface area contributed by atoms with Crippen molar-refractivity contribution in [1.29, 1.82) is 0 Å². The van der Waals surface area contributed by atoms with Gasteiger partial charge in [0.1, 0.15) is 0 Å². The lowest BCUT2D eigenvalue weighted by Crippen LogP contribution is -2.54. The van der Waals surface area contributed by atoms with Gasteiger partial charge in [0.2, 0.25) is 0 Å². The summed E-state index contributed by atoms with van der Waals surface area (Å²) < 4.78 is 0. The predicted octanol–water partition coefficient (Wildman–Crippen LogP) is 3.50. The van der Waals surface area contributed by atoms with Crippen molar-refractivity contribution in [3.63, 3.8) is 0 Å². The van der Waals surface area contributed by atoms with E-state index in [4.69, 9.17) is 0 Å². The van der Waals surface area contributed by atoms with Gasteiger partial charge in [0.25, 0.3) is 11.8 Å². The molecular weight excluding hydrogens is 352 g/mol. The minimum Gasteiger partial charge on any atom is -0.284 e. The lowest BCUT2D eigenvalue weighted by Gasteiger charge is -2.38. The normalized spacial score (nSPS) is 29.3. The van der Waals surface area contributed by atoms with Gasteiger partial charge in [-0.25, -0.2) is 10.0 Å². The molecule has 2 fully saturated rings. The quantitative estimate of drug-likeness (QED) is 0.831. The number of piperidine rings is 2. The highest BCUT2D eigenvalue weighted by Crippen LogP contribution is 2.22. The van der Waals surface area contributed by atoms with E-state index in [-0.39, 0.29) is 11.8 Å². The van der Waals surface area contributed by atoms with Crippen LogP contribution in [0.1, 0.15) is 86.9 Å². The zero-order valence-corrected chi connectivity index (χ0v) is 17.6. The fraction of sp³-hybridized carbons (Fsp3) is 0.636. The highest BCUT2D eigenvalue weighted by molar-refractivity contribution is 5.97. The largest absolute Gasteiger partial charge is 0.284 e. The minimum absolute atomic E-state index is 0.120. The number of hydrogen-bond donors (Lipinski definition) is 2. The molecule has 2 heterocycles. The second kappa shape index (κ2) is 9.05. The smallest absolute Gasteiger partial charge is 0.265 e. The second-order valence-electron chi connectivity index (χ2n) is 8.53. The summed E-state index contributed by atoms with van der Waals surface area (Å²) in [5.74, 6) is -0.239. The van der Waals surface area contributed by atoms with Crippen molar-refractivity contribution in [2.75, 3.05) is 0 Å². The van der Waals surface area contributed by atoms with Crippen molar-refractivity contribution < 1.29 is 9.59 Å². The van der Waals surface area contributed by atoms with Gasteiger partial charge in [-0.15, -0.1) is 0 Å². The van der Waals surface area contributed by atoms with E-state index in [9.17, 15) is 9.59 Å². The standard InChI is InChI=1S/C22H34N4O2/c1-15-7-5-8-16(2)25(15)23-21(27)19-11-13-20(14-12-19)22(28)24-26-17(3)9-6-10-18(26)4/h11-18H,5-10H2,1-4H3,(H,23,27)(H,24,28). The lowest BCUT2D eigenvalue weighted by molar-refractivity contribution is 0.0365. The molecule has 154 valence electrons. The first-order valence-electron chi connectivity index (χ1n) is 10.7. The topological polar surface area (TPSA) is 64.7 Å². The van der Waals surface area contributed by atoms with Crippen LogP contribution < -0.4 is 10.9 Å². The number of benzene rings is 1. The molecule has 4 atom stereocenters. The van der Waals surface area contributed by atoms with Gasteiger partial charge >= 0.3 is 0 Å². The molecule has 2 aliphatic heterocycles. The monoisotopic (exact) mass is 386 g/mol. The summed E-state index contributed by atoms with van der Waals surface area (Å²) in [5.41, 5.74) is 7.23. The van der Waals surface area contributed by atoms with Gasteiger partial charge in [0.05, 0.1) is 0 Å². The summed E-state index contributed by atoms with van der Waals surface area (Å²) in [5, 5.41) is 4.12. The number of hydrogen-bond acceptors (Lipinski definition) is 4. The van der Waals surface area contributed by atoms with Crippen molar-refractivity contribution in [1.82, 2.24) is 20.9 Å². The minimum atomic E-state index is -0.120. The Morgan fingerprint density at radius 1 is 0.679 bits per heavy atom. The Balaban J connectivity index is 1.61. The Morgan fingerprint density at radius 2 is 0.964 bits per heavy atom. The van der Waals surface area contributed by atoms with Crippen LogP contribution in [0.3, 0.4) is 0 Å². The average molecular weight is 387 g/mol. The number of nitrogens with one attached hydrogen (secondary N) is 2. The SMILES string of the molecule is CC1CCCC(C)N1NC(=O)c1ccc(C(=O)NN2C(C)CCCC2C)cc1. The number of rotatable bonds is 4. The number of nitrogens with zero attached hydrogens (tertiary/aromatic N) is 2. The van der Waals surface area contributed by atoms with E-state index in [2.05, 4.69) is 48.6 Å². The third-order valence-electron chi connectivity index (χ3n) is 6.26. The first-order chi connectivity index (χ1) is 13.4. The number of carbonyl (C=O) groups is 2. The molecule has 2 amide bonds. The van der Waals surface area contributed by atoms with Gasteiger partial charge in [0, 0.05) is 35.3 Å². The van der Waals surface area contributed by atoms with Crippen LogP contribution in [-0.2, 0) is 0 Å². The van der Waals surface area contributed by atoms with Gasteiger partial charge in [-0.2, -0.15) is 0 Å². The molecule has 0 bridgehead atoms. The highest BCUT2D eigenvalue weighted by atomic mass is 16.2. The predicted molar refractivity (Wildman–Crippen MR) is 111 cm³/mol. The molecule has 6 nitrogen and oxygen atoms in total. The average Bonchev–Trinajstić information content (AvgIpc) is 2.67. The van der Waals surface area contributed by atoms with E-state index in [1.165, 1.54) is 12.8 Å². The summed E-state index contributed by atoms with van der Waals surface area (Å²) in [4.78, 5) is 25.3. The molecule has 0 spiro atoms. The van der Waals surface area contributed by atoms with Gasteiger partial charge in [-0.1, -0.05) is 12.8 Å². The number of amides is 2. The van der Waals surface area contributed by atoms with Crippen LogP contribution in [0.15, 0.2) is 24.3 Å². The van der Waals surface area contributed by atoms with Gasteiger partial charge in [0.15, 0.2) is 0 Å². The molecule has 1 aromatic rings. The zero-order chi connectivity index (χ0) is 20.3. The van der Waals surface area contributed by atoms with Crippen molar-refractivity contribution in [2.24, 2.45) is 0 Å². The third-order valence-corrected chi connectivity index (χ3v) is 6.26. The summed E-state index contributed by atoms with van der Waals surface area (Å²) in [7, 11) is 0. The molecule has 4 unspecified atom stereocenters. The first kappa shape index (κ1) is 20.8. The summed E-state index contributed by atoms with van der Waals surface area (Å²) in [6, 6.07) is 8.27. The maximum atomic E-state index is 12.6. The molecule has 0 aliphatic carbocycles. The first-order valence-corrected chi connectivity index (χ1v) is 10.7. The molecule has 28 heavy (non-hydrogen) atoms. The fourth-order valence-corrected chi connectivity index (χ4v) is 4.42. The van der Waals surface area contributed by atoms with E-state index in [0.717, 1.165) is 25.7 Å². The highest BCUT2D eigenvalue weighted by Gasteiger charge is 2.27. The van der Waals surface area contributed by atoms with Crippen LogP contribution in [0.5, 0.6) is 0 Å². The second-order valence-corrected chi connectivity index (χ2v) is 8.53. The van der Waals surface area contributed by atoms with Crippen molar-refractivity contribution in [3.8, 4) is 0 Å². The maximum absolute atomic E-state index is 12.6. The Morgan fingerprint density at radius 3 is 1.25 bits per heavy atom. The molecule has 2 aliphatic rings. The Labute approximate surface area is 168 Å². The molecule has 1 aromatic carbocycles. The zero-order valence-electron chi connectivity index (χ0n) is 17.6. The van der Waals surface area contributed by atoms with Crippen molar-refractivity contribution in [3.05, 3.63) is 35.4 Å². The van der Waals surface area contributed by atoms with Gasteiger partial charge in [-0.3, -0.25) is 20.4 Å². The molecule has 2 N–H and O–H groups in total.